The molecule has 1 fully saturated rings. The molecule has 1 aliphatic rings. The Hall–Kier alpha value is -2.37. The molecule has 0 bridgehead atoms. The fourth-order valence-electron chi connectivity index (χ4n) is 3.67. The third kappa shape index (κ3) is 4.87. The van der Waals surface area contributed by atoms with Gasteiger partial charge in [-0.2, -0.15) is 5.10 Å². The van der Waals surface area contributed by atoms with Crippen LogP contribution < -0.4 is 10.2 Å². The number of hydrogen-bond donors (Lipinski definition) is 1. The van der Waals surface area contributed by atoms with Crippen LogP contribution in [-0.4, -0.2) is 33.8 Å². The molecule has 3 rings (SSSR count). The van der Waals surface area contributed by atoms with Crippen LogP contribution >= 0.6 is 0 Å². The Balaban J connectivity index is 1.54. The van der Waals surface area contributed by atoms with Crippen molar-refractivity contribution < 1.29 is 4.79 Å². The molecule has 0 aromatic carbocycles. The summed E-state index contributed by atoms with van der Waals surface area (Å²) in [5, 5.41) is 7.59. The van der Waals surface area contributed by atoms with Gasteiger partial charge in [-0.25, -0.2) is 4.98 Å². The number of anilines is 2. The van der Waals surface area contributed by atoms with Gasteiger partial charge in [0.15, 0.2) is 0 Å². The first kappa shape index (κ1) is 19.4. The summed E-state index contributed by atoms with van der Waals surface area (Å²) in [5.74, 6) is 1.56. The number of aryl methyl sites for hydroxylation is 1. The molecule has 1 N–H and O–H groups in total. The minimum Gasteiger partial charge on any atom is -0.357 e. The molecule has 6 nitrogen and oxygen atoms in total. The van der Waals surface area contributed by atoms with Crippen LogP contribution in [-0.2, 0) is 17.8 Å². The minimum absolute atomic E-state index is 0.0149. The zero-order chi connectivity index (χ0) is 19.4. The van der Waals surface area contributed by atoms with Gasteiger partial charge in [0, 0.05) is 31.7 Å². The van der Waals surface area contributed by atoms with Crippen LogP contribution in [0.2, 0.25) is 0 Å². The smallest absolute Gasteiger partial charge is 0.224 e. The van der Waals surface area contributed by atoms with E-state index in [1.165, 1.54) is 24.1 Å². The monoisotopic (exact) mass is 369 g/mol. The number of hydrogen-bond acceptors (Lipinski definition) is 4. The molecule has 0 spiro atoms. The summed E-state index contributed by atoms with van der Waals surface area (Å²) in [7, 11) is 0. The lowest BCUT2D eigenvalue weighted by molar-refractivity contribution is -0.116. The van der Waals surface area contributed by atoms with Gasteiger partial charge in [-0.1, -0.05) is 13.8 Å². The summed E-state index contributed by atoms with van der Waals surface area (Å²) in [6, 6.07) is 3.93. The van der Waals surface area contributed by atoms with Crippen molar-refractivity contribution in [2.24, 2.45) is 5.92 Å². The second kappa shape index (κ2) is 8.55. The Morgan fingerprint density at radius 2 is 1.96 bits per heavy atom. The fourth-order valence-corrected chi connectivity index (χ4v) is 3.67. The summed E-state index contributed by atoms with van der Waals surface area (Å²) >= 11 is 0. The number of aromatic nitrogens is 3. The number of carbonyl (C=O) groups excluding carboxylic acids is 1. The Morgan fingerprint density at radius 3 is 2.59 bits per heavy atom. The molecular formula is C21H31N5O. The van der Waals surface area contributed by atoms with E-state index in [9.17, 15) is 4.79 Å². The predicted octanol–water partition coefficient (Wildman–Crippen LogP) is 3.72. The molecule has 0 atom stereocenters. The topological polar surface area (TPSA) is 63.1 Å². The fraction of sp³-hybridized carbons (Fsp3) is 0.571. The molecule has 0 saturated carbocycles. The summed E-state index contributed by atoms with van der Waals surface area (Å²) in [5.41, 5.74) is 4.14. The Labute approximate surface area is 162 Å². The lowest BCUT2D eigenvalue weighted by Gasteiger charge is -2.16. The second-order valence-corrected chi connectivity index (χ2v) is 7.87. The lowest BCUT2D eigenvalue weighted by Crippen LogP contribution is -2.19. The largest absolute Gasteiger partial charge is 0.357 e. The highest BCUT2D eigenvalue weighted by Crippen LogP contribution is 2.20. The molecule has 2 aromatic rings. The quantitative estimate of drug-likeness (QED) is 0.808. The first-order valence-corrected chi connectivity index (χ1v) is 9.97. The van der Waals surface area contributed by atoms with Crippen LogP contribution in [0.5, 0.6) is 0 Å². The van der Waals surface area contributed by atoms with Crippen molar-refractivity contribution in [3.8, 4) is 0 Å². The molecule has 146 valence electrons. The van der Waals surface area contributed by atoms with E-state index < -0.39 is 0 Å². The number of rotatable bonds is 7. The zero-order valence-corrected chi connectivity index (χ0v) is 17.0. The molecule has 0 unspecified atom stereocenters. The van der Waals surface area contributed by atoms with Crippen molar-refractivity contribution >= 4 is 17.4 Å². The Kier molecular flexibility index (Phi) is 6.14. The molecule has 1 amide bonds. The van der Waals surface area contributed by atoms with Gasteiger partial charge in [0.05, 0.1) is 17.6 Å². The summed E-state index contributed by atoms with van der Waals surface area (Å²) in [6.45, 7) is 11.5. The SMILES string of the molecule is Cc1nn(CC(C)C)c(C)c1CCC(=O)Nc1ccc(N2CCCC2)nc1. The standard InChI is InChI=1S/C21H31N5O/c1-15(2)14-26-17(4)19(16(3)24-26)8-10-21(27)23-18-7-9-20(22-13-18)25-11-5-6-12-25/h7,9,13,15H,5-6,8,10-12,14H2,1-4H3,(H,23,27). The van der Waals surface area contributed by atoms with E-state index in [1.54, 1.807) is 6.20 Å². The number of carbonyl (C=O) groups is 1. The van der Waals surface area contributed by atoms with E-state index in [1.807, 2.05) is 19.1 Å². The average molecular weight is 370 g/mol. The van der Waals surface area contributed by atoms with E-state index in [2.05, 4.69) is 45.8 Å². The van der Waals surface area contributed by atoms with Gasteiger partial charge in [0.25, 0.3) is 0 Å². The molecule has 6 heteroatoms. The number of nitrogens with zero attached hydrogens (tertiary/aromatic N) is 4. The van der Waals surface area contributed by atoms with Crippen LogP contribution in [0.15, 0.2) is 18.3 Å². The molecule has 1 saturated heterocycles. The van der Waals surface area contributed by atoms with E-state index >= 15 is 0 Å². The van der Waals surface area contributed by atoms with Crippen molar-refractivity contribution in [3.63, 3.8) is 0 Å². The minimum atomic E-state index is 0.0149. The van der Waals surface area contributed by atoms with Crippen molar-refractivity contribution in [2.45, 2.75) is 59.9 Å². The summed E-state index contributed by atoms with van der Waals surface area (Å²) in [4.78, 5) is 19.1. The lowest BCUT2D eigenvalue weighted by atomic mass is 10.1. The number of amides is 1. The maximum Gasteiger partial charge on any atom is 0.224 e. The normalized spacial score (nSPS) is 14.2. The van der Waals surface area contributed by atoms with E-state index in [4.69, 9.17) is 0 Å². The average Bonchev–Trinajstić information content (AvgIpc) is 3.23. The van der Waals surface area contributed by atoms with Crippen molar-refractivity contribution in [2.75, 3.05) is 23.3 Å². The van der Waals surface area contributed by atoms with Gasteiger partial charge in [0.2, 0.25) is 5.91 Å². The van der Waals surface area contributed by atoms with E-state index in [0.29, 0.717) is 18.8 Å². The van der Waals surface area contributed by atoms with Gasteiger partial charge >= 0.3 is 0 Å². The summed E-state index contributed by atoms with van der Waals surface area (Å²) < 4.78 is 2.06. The van der Waals surface area contributed by atoms with Gasteiger partial charge in [-0.05, 0) is 56.7 Å². The molecular weight excluding hydrogens is 338 g/mol. The molecule has 3 heterocycles. The molecule has 0 radical (unpaired) electrons. The van der Waals surface area contributed by atoms with E-state index in [0.717, 1.165) is 36.8 Å². The predicted molar refractivity (Wildman–Crippen MR) is 109 cm³/mol. The zero-order valence-electron chi connectivity index (χ0n) is 17.0. The second-order valence-electron chi connectivity index (χ2n) is 7.87. The molecule has 1 aliphatic heterocycles. The van der Waals surface area contributed by atoms with Gasteiger partial charge < -0.3 is 10.2 Å². The third-order valence-corrected chi connectivity index (χ3v) is 5.13. The van der Waals surface area contributed by atoms with Crippen LogP contribution in [0.3, 0.4) is 0 Å². The van der Waals surface area contributed by atoms with Gasteiger partial charge in [0.1, 0.15) is 5.82 Å². The van der Waals surface area contributed by atoms with Crippen LogP contribution in [0.1, 0.15) is 50.1 Å². The van der Waals surface area contributed by atoms with Crippen molar-refractivity contribution in [3.05, 3.63) is 35.3 Å². The van der Waals surface area contributed by atoms with E-state index in [-0.39, 0.29) is 5.91 Å². The first-order chi connectivity index (χ1) is 12.9. The van der Waals surface area contributed by atoms with Crippen molar-refractivity contribution in [1.82, 2.24) is 14.8 Å². The van der Waals surface area contributed by atoms with Gasteiger partial charge in [-0.3, -0.25) is 9.48 Å². The van der Waals surface area contributed by atoms with Crippen LogP contribution in [0.4, 0.5) is 11.5 Å². The number of pyridine rings is 1. The Bertz CT molecular complexity index is 773. The maximum absolute atomic E-state index is 12.4. The first-order valence-electron chi connectivity index (χ1n) is 9.97. The molecule has 27 heavy (non-hydrogen) atoms. The molecule has 2 aromatic heterocycles. The third-order valence-electron chi connectivity index (χ3n) is 5.13. The highest BCUT2D eigenvalue weighted by atomic mass is 16.1. The summed E-state index contributed by atoms with van der Waals surface area (Å²) in [6.07, 6.45) is 5.37. The number of nitrogens with one attached hydrogen (secondary N) is 1. The molecule has 0 aliphatic carbocycles. The van der Waals surface area contributed by atoms with Crippen LogP contribution in [0.25, 0.3) is 0 Å². The maximum atomic E-state index is 12.4. The highest BCUT2D eigenvalue weighted by molar-refractivity contribution is 5.90. The Morgan fingerprint density at radius 1 is 1.22 bits per heavy atom. The highest BCUT2D eigenvalue weighted by Gasteiger charge is 2.15. The van der Waals surface area contributed by atoms with Crippen LogP contribution in [0, 0.1) is 19.8 Å². The van der Waals surface area contributed by atoms with Crippen molar-refractivity contribution in [1.29, 1.82) is 0 Å². The van der Waals surface area contributed by atoms with Gasteiger partial charge in [-0.15, -0.1) is 0 Å².